The van der Waals surface area contributed by atoms with Crippen molar-refractivity contribution in [3.05, 3.63) is 54.1 Å². The van der Waals surface area contributed by atoms with Crippen LogP contribution < -0.4 is 5.32 Å². The summed E-state index contributed by atoms with van der Waals surface area (Å²) in [5.74, 6) is 0.797. The second-order valence-electron chi connectivity index (χ2n) is 4.72. The Morgan fingerprint density at radius 2 is 2.00 bits per heavy atom. The molecule has 0 spiro atoms. The lowest BCUT2D eigenvalue weighted by Gasteiger charge is -2.06. The van der Waals surface area contributed by atoms with Crippen molar-refractivity contribution in [3.63, 3.8) is 0 Å². The topological polar surface area (TPSA) is 73.5 Å². The third-order valence-corrected chi connectivity index (χ3v) is 3.30. The minimum Gasteiger partial charge on any atom is -0.309 e. The predicted molar refractivity (Wildman–Crippen MR) is 77.8 cm³/mol. The molecule has 2 aromatic heterocycles. The molecule has 7 nitrogen and oxygen atoms in total. The maximum Gasteiger partial charge on any atom is 0.170 e. The molecule has 2 heterocycles. The first kappa shape index (κ1) is 13.4. The Morgan fingerprint density at radius 3 is 2.76 bits per heavy atom. The van der Waals surface area contributed by atoms with Crippen molar-refractivity contribution in [3.8, 4) is 5.69 Å². The maximum atomic E-state index is 4.15. The number of nitrogens with zero attached hydrogens (tertiary/aromatic N) is 6. The second-order valence-corrected chi connectivity index (χ2v) is 4.72. The molecule has 0 unspecified atom stereocenters. The van der Waals surface area contributed by atoms with Gasteiger partial charge in [0.15, 0.2) is 5.82 Å². The van der Waals surface area contributed by atoms with Gasteiger partial charge >= 0.3 is 0 Å². The molecule has 0 amide bonds. The van der Waals surface area contributed by atoms with Gasteiger partial charge in [-0.05, 0) is 28.6 Å². The van der Waals surface area contributed by atoms with Crippen LogP contribution in [0.3, 0.4) is 0 Å². The summed E-state index contributed by atoms with van der Waals surface area (Å²) in [7, 11) is 1.95. The molecule has 0 radical (unpaired) electrons. The molecule has 0 aliphatic carbocycles. The standard InChI is InChI=1S/C14H17N7/c1-20-12(8-10-16-20)7-9-15-11-14-17-18-19-21(14)13-5-3-2-4-6-13/h2-6,8,10,15H,7,9,11H2,1H3. The quantitative estimate of drug-likeness (QED) is 0.675. The number of nitrogens with one attached hydrogen (secondary N) is 1. The van der Waals surface area contributed by atoms with Crippen LogP contribution in [0.15, 0.2) is 42.6 Å². The Morgan fingerprint density at radius 1 is 1.14 bits per heavy atom. The third kappa shape index (κ3) is 3.14. The van der Waals surface area contributed by atoms with Gasteiger partial charge in [-0.1, -0.05) is 18.2 Å². The average molecular weight is 283 g/mol. The second kappa shape index (κ2) is 6.27. The van der Waals surface area contributed by atoms with Crippen molar-refractivity contribution in [2.24, 2.45) is 7.05 Å². The zero-order valence-electron chi connectivity index (χ0n) is 11.8. The average Bonchev–Trinajstić information content (AvgIpc) is 3.14. The highest BCUT2D eigenvalue weighted by atomic mass is 15.5. The monoisotopic (exact) mass is 283 g/mol. The Hall–Kier alpha value is -2.54. The summed E-state index contributed by atoms with van der Waals surface area (Å²) in [5, 5.41) is 19.4. The van der Waals surface area contributed by atoms with E-state index in [0.29, 0.717) is 6.54 Å². The molecule has 108 valence electrons. The molecule has 0 saturated carbocycles. The Balaban J connectivity index is 1.57. The Kier molecular flexibility index (Phi) is 4.02. The first-order valence-electron chi connectivity index (χ1n) is 6.85. The Labute approximate surface area is 122 Å². The lowest BCUT2D eigenvalue weighted by atomic mass is 10.3. The predicted octanol–water partition coefficient (Wildman–Crippen LogP) is 0.728. The van der Waals surface area contributed by atoms with Crippen molar-refractivity contribution in [1.82, 2.24) is 35.3 Å². The van der Waals surface area contributed by atoms with Gasteiger partial charge in [0.05, 0.1) is 12.2 Å². The van der Waals surface area contributed by atoms with Gasteiger partial charge in [0.2, 0.25) is 0 Å². The molecule has 3 aromatic rings. The fourth-order valence-electron chi connectivity index (χ4n) is 2.15. The minimum atomic E-state index is 0.625. The van der Waals surface area contributed by atoms with Gasteiger partial charge in [0.1, 0.15) is 0 Å². The molecule has 3 rings (SSSR count). The van der Waals surface area contributed by atoms with Gasteiger partial charge in [-0.25, -0.2) is 0 Å². The molecule has 0 saturated heterocycles. The smallest absolute Gasteiger partial charge is 0.170 e. The molecule has 1 N–H and O–H groups in total. The number of benzene rings is 1. The van der Waals surface area contributed by atoms with Crippen LogP contribution in [0.4, 0.5) is 0 Å². The molecule has 7 heteroatoms. The summed E-state index contributed by atoms with van der Waals surface area (Å²) in [4.78, 5) is 0. The fourth-order valence-corrected chi connectivity index (χ4v) is 2.15. The number of hydrogen-bond acceptors (Lipinski definition) is 5. The van der Waals surface area contributed by atoms with Crippen LogP contribution in [-0.4, -0.2) is 36.5 Å². The molecule has 21 heavy (non-hydrogen) atoms. The van der Waals surface area contributed by atoms with Gasteiger partial charge in [-0.2, -0.15) is 9.78 Å². The lowest BCUT2D eigenvalue weighted by Crippen LogP contribution is -2.20. The summed E-state index contributed by atoms with van der Waals surface area (Å²) in [6.07, 6.45) is 2.73. The van der Waals surface area contributed by atoms with E-state index in [1.165, 1.54) is 5.69 Å². The zero-order valence-corrected chi connectivity index (χ0v) is 11.8. The first-order chi connectivity index (χ1) is 10.3. The molecule has 1 aromatic carbocycles. The van der Waals surface area contributed by atoms with Crippen LogP contribution in [0.2, 0.25) is 0 Å². The van der Waals surface area contributed by atoms with Crippen molar-refractivity contribution < 1.29 is 0 Å². The molecule has 0 aliphatic heterocycles. The van der Waals surface area contributed by atoms with E-state index >= 15 is 0 Å². The summed E-state index contributed by atoms with van der Waals surface area (Å²) < 4.78 is 3.63. The van der Waals surface area contributed by atoms with E-state index in [-0.39, 0.29) is 0 Å². The van der Waals surface area contributed by atoms with Gasteiger partial charge < -0.3 is 5.32 Å². The van der Waals surface area contributed by atoms with Crippen molar-refractivity contribution in [2.75, 3.05) is 6.54 Å². The van der Waals surface area contributed by atoms with Crippen molar-refractivity contribution >= 4 is 0 Å². The zero-order chi connectivity index (χ0) is 14.5. The number of para-hydroxylation sites is 1. The fraction of sp³-hybridized carbons (Fsp3) is 0.286. The van der Waals surface area contributed by atoms with Crippen LogP contribution in [-0.2, 0) is 20.0 Å². The number of rotatable bonds is 6. The maximum absolute atomic E-state index is 4.15. The summed E-state index contributed by atoms with van der Waals surface area (Å²) in [6, 6.07) is 11.9. The number of hydrogen-bond donors (Lipinski definition) is 1. The first-order valence-corrected chi connectivity index (χ1v) is 6.85. The number of aromatic nitrogens is 6. The van der Waals surface area contributed by atoms with Gasteiger partial charge in [-0.3, -0.25) is 4.68 Å². The highest BCUT2D eigenvalue weighted by Gasteiger charge is 2.07. The molecule has 0 bridgehead atoms. The normalized spacial score (nSPS) is 10.9. The van der Waals surface area contributed by atoms with Crippen LogP contribution in [0.5, 0.6) is 0 Å². The lowest BCUT2D eigenvalue weighted by molar-refractivity contribution is 0.617. The van der Waals surface area contributed by atoms with E-state index in [4.69, 9.17) is 0 Å². The molecular formula is C14H17N7. The van der Waals surface area contributed by atoms with Gasteiger partial charge in [0.25, 0.3) is 0 Å². The molecular weight excluding hydrogens is 266 g/mol. The number of tetrazole rings is 1. The third-order valence-electron chi connectivity index (χ3n) is 3.30. The minimum absolute atomic E-state index is 0.625. The van der Waals surface area contributed by atoms with E-state index in [1.807, 2.05) is 54.3 Å². The van der Waals surface area contributed by atoms with Crippen LogP contribution >= 0.6 is 0 Å². The van der Waals surface area contributed by atoms with E-state index in [1.54, 1.807) is 4.68 Å². The molecule has 0 aliphatic rings. The summed E-state index contributed by atoms with van der Waals surface area (Å²) >= 11 is 0. The molecule has 0 fully saturated rings. The Bertz CT molecular complexity index is 686. The van der Waals surface area contributed by atoms with Crippen LogP contribution in [0.1, 0.15) is 11.5 Å². The van der Waals surface area contributed by atoms with Crippen LogP contribution in [0, 0.1) is 0 Å². The largest absolute Gasteiger partial charge is 0.309 e. The van der Waals surface area contributed by atoms with Gasteiger partial charge in [0, 0.05) is 31.9 Å². The van der Waals surface area contributed by atoms with E-state index < -0.39 is 0 Å². The van der Waals surface area contributed by atoms with Gasteiger partial charge in [-0.15, -0.1) is 5.10 Å². The van der Waals surface area contributed by atoms with Crippen LogP contribution in [0.25, 0.3) is 5.69 Å². The SMILES string of the molecule is Cn1nccc1CCNCc1nnnn1-c1ccccc1. The van der Waals surface area contributed by atoms with Crippen molar-refractivity contribution in [2.45, 2.75) is 13.0 Å². The summed E-state index contributed by atoms with van der Waals surface area (Å²) in [6.45, 7) is 1.47. The van der Waals surface area contributed by atoms with Crippen molar-refractivity contribution in [1.29, 1.82) is 0 Å². The highest BCUT2D eigenvalue weighted by molar-refractivity contribution is 5.30. The summed E-state index contributed by atoms with van der Waals surface area (Å²) in [5.41, 5.74) is 2.16. The van der Waals surface area contributed by atoms with E-state index in [0.717, 1.165) is 24.5 Å². The number of aryl methyl sites for hydroxylation is 1. The molecule has 0 atom stereocenters. The van der Waals surface area contributed by atoms with E-state index in [9.17, 15) is 0 Å². The highest BCUT2D eigenvalue weighted by Crippen LogP contribution is 2.06. The van der Waals surface area contributed by atoms with E-state index in [2.05, 4.69) is 25.9 Å².